The van der Waals surface area contributed by atoms with E-state index < -0.39 is 0 Å². The monoisotopic (exact) mass is 1240 g/mol. The standard InChI is InChI=1S/C25H30N.C23H26N.2C21H22N/c1-17(2)21-13-22(18(3)4)15-23(14-21)20-11-12-25(26(6)16-20)24-10-8-7-9-19(24)5;1-5-18-13-19(6-2)15-21(14-18)20-11-12-23(24(4)16-20)22-10-8-7-9-17(22)3;1-15-11-16(2)13-19(12-15)18-9-10-21(22(4)14-18)20-8-6-5-7-17(20)3;1-15-9-10-18(13-17(15)3)19-11-12-21(22(4)14-19)20-8-6-5-7-16(20)2/h7-18H,1-6H3;7-16H,5-6H2,1-4H3;2*5-14H,1-4H3/q4*+1. The average Bonchev–Trinajstić information content (AvgIpc) is 0.852. The Bertz CT molecular complexity index is 4550. The highest BCUT2D eigenvalue weighted by molar-refractivity contribution is 5.71. The van der Waals surface area contributed by atoms with Gasteiger partial charge in [0.05, 0.1) is 0 Å². The minimum Gasteiger partial charge on any atom is -0.200 e. The van der Waals surface area contributed by atoms with E-state index in [-0.39, 0.29) is 0 Å². The first-order valence-electron chi connectivity index (χ1n) is 33.8. The second-order valence-corrected chi connectivity index (χ2v) is 26.5. The second-order valence-electron chi connectivity index (χ2n) is 26.5. The van der Waals surface area contributed by atoms with E-state index in [1.165, 1.54) is 156 Å². The molecule has 0 atom stereocenters. The minimum atomic E-state index is 0.535. The highest BCUT2D eigenvalue weighted by atomic mass is 14.9. The van der Waals surface area contributed by atoms with E-state index in [1.807, 2.05) is 0 Å². The van der Waals surface area contributed by atoms with Crippen LogP contribution < -0.4 is 18.3 Å². The molecular formula is C90H100N4+4. The number of rotatable bonds is 12. The van der Waals surface area contributed by atoms with Gasteiger partial charge >= 0.3 is 0 Å². The molecule has 0 bridgehead atoms. The van der Waals surface area contributed by atoms with Crippen molar-refractivity contribution in [3.8, 4) is 89.5 Å². The van der Waals surface area contributed by atoms with Crippen molar-refractivity contribution < 1.29 is 18.3 Å². The number of pyridine rings is 4. The van der Waals surface area contributed by atoms with Crippen molar-refractivity contribution in [3.63, 3.8) is 0 Å². The zero-order chi connectivity index (χ0) is 67.3. The first kappa shape index (κ1) is 68.7. The topological polar surface area (TPSA) is 15.5 Å². The zero-order valence-electron chi connectivity index (χ0n) is 59.5. The van der Waals surface area contributed by atoms with E-state index in [0.29, 0.717) is 11.8 Å². The summed E-state index contributed by atoms with van der Waals surface area (Å²) < 4.78 is 8.92. The van der Waals surface area contributed by atoms with Gasteiger partial charge in [-0.05, 0) is 206 Å². The maximum Gasteiger partial charge on any atom is 0.212 e. The molecular weight excluding hydrogens is 1140 g/mol. The number of hydrogen-bond acceptors (Lipinski definition) is 0. The third kappa shape index (κ3) is 16.9. The van der Waals surface area contributed by atoms with E-state index in [9.17, 15) is 0 Å². The number of nitrogens with zero attached hydrogens (tertiary/aromatic N) is 4. The van der Waals surface area contributed by atoms with E-state index in [2.05, 4.69) is 387 Å². The Labute approximate surface area is 564 Å². The van der Waals surface area contributed by atoms with Crippen molar-refractivity contribution in [2.75, 3.05) is 0 Å². The van der Waals surface area contributed by atoms with Gasteiger partial charge in [0, 0.05) is 68.8 Å². The summed E-state index contributed by atoms with van der Waals surface area (Å²) in [5, 5.41) is 0. The third-order valence-electron chi connectivity index (χ3n) is 18.5. The van der Waals surface area contributed by atoms with Crippen LogP contribution >= 0.6 is 0 Å². The molecule has 0 saturated heterocycles. The molecule has 12 aromatic rings. The summed E-state index contributed by atoms with van der Waals surface area (Å²) in [5.41, 5.74) is 36.5. The van der Waals surface area contributed by atoms with Gasteiger partial charge in [-0.3, -0.25) is 0 Å². The fourth-order valence-electron chi connectivity index (χ4n) is 12.6. The second kappa shape index (κ2) is 31.3. The molecule has 12 rings (SSSR count). The summed E-state index contributed by atoms with van der Waals surface area (Å²) >= 11 is 0. The molecule has 94 heavy (non-hydrogen) atoms. The highest BCUT2D eigenvalue weighted by Gasteiger charge is 2.19. The average molecular weight is 1240 g/mol. The predicted molar refractivity (Wildman–Crippen MR) is 399 cm³/mol. The predicted octanol–water partition coefficient (Wildman–Crippen LogP) is 21.2. The van der Waals surface area contributed by atoms with Gasteiger partial charge in [0.25, 0.3) is 0 Å². The lowest BCUT2D eigenvalue weighted by Crippen LogP contribution is -2.30. The molecule has 0 saturated carbocycles. The molecule has 0 aliphatic heterocycles. The van der Waals surface area contributed by atoms with Crippen molar-refractivity contribution in [1.82, 2.24) is 0 Å². The summed E-state index contributed by atoms with van der Waals surface area (Å²) in [6.07, 6.45) is 11.1. The van der Waals surface area contributed by atoms with E-state index in [4.69, 9.17) is 0 Å². The van der Waals surface area contributed by atoms with Gasteiger partial charge in [0.1, 0.15) is 28.2 Å². The van der Waals surface area contributed by atoms with Crippen LogP contribution in [0.1, 0.15) is 120 Å². The zero-order valence-corrected chi connectivity index (χ0v) is 59.5. The van der Waals surface area contributed by atoms with E-state index in [1.54, 1.807) is 0 Å². The number of aryl methyl sites for hydroxylation is 14. The molecule has 0 unspecified atom stereocenters. The first-order chi connectivity index (χ1) is 45.1. The first-order valence-corrected chi connectivity index (χ1v) is 33.8. The van der Waals surface area contributed by atoms with Crippen LogP contribution in [0.5, 0.6) is 0 Å². The van der Waals surface area contributed by atoms with Crippen molar-refractivity contribution >= 4 is 0 Å². The van der Waals surface area contributed by atoms with Gasteiger partial charge < -0.3 is 0 Å². The molecule has 0 N–H and O–H groups in total. The SMILES string of the molecule is CCc1cc(CC)cc(-c2ccc(-c3ccccc3C)[n+](C)c2)c1.Cc1cc(C)cc(-c2ccc(-c3ccccc3C)[n+](C)c2)c1.Cc1ccc(-c2ccc(-c3ccccc3C)[n+](C)c2)cc1C.Cc1ccccc1-c1ccc(-c2cc(C(C)C)cc(C(C)C)c2)c[n+]1C. The number of benzene rings is 8. The summed E-state index contributed by atoms with van der Waals surface area (Å²) in [6.45, 7) is 30.8. The Morgan fingerprint density at radius 1 is 0.255 bits per heavy atom. The molecule has 4 heterocycles. The lowest BCUT2D eigenvalue weighted by Gasteiger charge is -2.14. The van der Waals surface area contributed by atoms with Crippen LogP contribution in [0.4, 0.5) is 0 Å². The summed E-state index contributed by atoms with van der Waals surface area (Å²) in [7, 11) is 8.51. The lowest BCUT2D eigenvalue weighted by atomic mass is 9.91. The molecule has 0 amide bonds. The van der Waals surface area contributed by atoms with Crippen LogP contribution in [-0.2, 0) is 41.0 Å². The Balaban J connectivity index is 0.000000148. The maximum absolute atomic E-state index is 2.36. The van der Waals surface area contributed by atoms with Crippen LogP contribution in [-0.4, -0.2) is 0 Å². The minimum absolute atomic E-state index is 0.535. The Morgan fingerprint density at radius 2 is 0.553 bits per heavy atom. The molecule has 0 spiro atoms. The van der Waals surface area contributed by atoms with E-state index >= 15 is 0 Å². The van der Waals surface area contributed by atoms with Gasteiger partial charge in [0.2, 0.25) is 22.8 Å². The Hall–Kier alpha value is -9.64. The molecule has 4 nitrogen and oxygen atoms in total. The Kier molecular flexibility index (Phi) is 22.9. The maximum atomic E-state index is 2.36. The summed E-state index contributed by atoms with van der Waals surface area (Å²) in [6, 6.07) is 79.4. The van der Waals surface area contributed by atoms with Gasteiger partial charge in [-0.15, -0.1) is 0 Å². The molecule has 4 aromatic heterocycles. The molecule has 476 valence electrons. The van der Waals surface area contributed by atoms with E-state index in [0.717, 1.165) is 12.8 Å². The van der Waals surface area contributed by atoms with Gasteiger partial charge in [-0.1, -0.05) is 198 Å². The molecule has 0 aliphatic rings. The smallest absolute Gasteiger partial charge is 0.200 e. The molecule has 0 fully saturated rings. The van der Waals surface area contributed by atoms with Crippen molar-refractivity contribution in [2.45, 2.75) is 122 Å². The van der Waals surface area contributed by atoms with Gasteiger partial charge in [-0.2, -0.15) is 0 Å². The quantitative estimate of drug-likeness (QED) is 0.108. The lowest BCUT2D eigenvalue weighted by molar-refractivity contribution is -0.660. The van der Waals surface area contributed by atoms with Crippen molar-refractivity contribution in [1.29, 1.82) is 0 Å². The van der Waals surface area contributed by atoms with Crippen LogP contribution in [0.25, 0.3) is 89.5 Å². The number of aromatic nitrogens is 4. The van der Waals surface area contributed by atoms with Crippen LogP contribution in [0.3, 0.4) is 0 Å². The molecule has 8 aromatic carbocycles. The van der Waals surface area contributed by atoms with Crippen molar-refractivity contribution in [2.24, 2.45) is 28.2 Å². The van der Waals surface area contributed by atoms with Gasteiger partial charge in [0.15, 0.2) is 24.8 Å². The molecule has 0 radical (unpaired) electrons. The van der Waals surface area contributed by atoms with Crippen LogP contribution in [0.2, 0.25) is 0 Å². The van der Waals surface area contributed by atoms with Crippen LogP contribution in [0, 0.1) is 55.4 Å². The molecule has 4 heteroatoms. The number of hydrogen-bond donors (Lipinski definition) is 0. The normalized spacial score (nSPS) is 10.9. The summed E-state index contributed by atoms with van der Waals surface area (Å²) in [5.74, 6) is 1.07. The fraction of sp³-hybridized carbons (Fsp3) is 0.244. The summed E-state index contributed by atoms with van der Waals surface area (Å²) in [4.78, 5) is 0. The molecule has 0 aliphatic carbocycles. The van der Waals surface area contributed by atoms with Gasteiger partial charge in [-0.25, -0.2) is 18.3 Å². The van der Waals surface area contributed by atoms with Crippen molar-refractivity contribution in [3.05, 3.63) is 310 Å². The third-order valence-corrected chi connectivity index (χ3v) is 18.5. The highest BCUT2D eigenvalue weighted by Crippen LogP contribution is 2.32. The van der Waals surface area contributed by atoms with Crippen LogP contribution in [0.15, 0.2) is 243 Å². The Morgan fingerprint density at radius 3 is 0.851 bits per heavy atom. The largest absolute Gasteiger partial charge is 0.212 e. The fourth-order valence-corrected chi connectivity index (χ4v) is 12.6.